The van der Waals surface area contributed by atoms with E-state index in [1.165, 1.54) is 0 Å². The van der Waals surface area contributed by atoms with Gasteiger partial charge < -0.3 is 19.8 Å². The number of nitrogens with one attached hydrogen (secondary N) is 2. The third-order valence-electron chi connectivity index (χ3n) is 4.99. The lowest BCUT2D eigenvalue weighted by Gasteiger charge is -2.33. The van der Waals surface area contributed by atoms with E-state index < -0.39 is 0 Å². The predicted molar refractivity (Wildman–Crippen MR) is 110 cm³/mol. The molecule has 0 spiro atoms. The van der Waals surface area contributed by atoms with Crippen LogP contribution in [0.4, 0.5) is 0 Å². The van der Waals surface area contributed by atoms with Crippen molar-refractivity contribution in [2.75, 3.05) is 39.4 Å². The Kier molecular flexibility index (Phi) is 7.43. The Balaban J connectivity index is 1.47. The van der Waals surface area contributed by atoms with E-state index in [1.54, 1.807) is 6.07 Å². The molecule has 1 aliphatic heterocycles. The number of nitrogens with zero attached hydrogens (tertiary/aromatic N) is 1. The van der Waals surface area contributed by atoms with Crippen LogP contribution in [0.5, 0.6) is 0 Å². The molecule has 1 aromatic carbocycles. The van der Waals surface area contributed by atoms with E-state index in [0.29, 0.717) is 31.9 Å². The molecule has 7 heteroatoms. The summed E-state index contributed by atoms with van der Waals surface area (Å²) >= 11 is 0. The molecular weight excluding hydrogens is 370 g/mol. The summed E-state index contributed by atoms with van der Waals surface area (Å²) < 4.78 is 11.2. The van der Waals surface area contributed by atoms with Crippen LogP contribution in [-0.4, -0.2) is 56.1 Å². The van der Waals surface area contributed by atoms with Crippen LogP contribution in [0.15, 0.2) is 40.8 Å². The van der Waals surface area contributed by atoms with Crippen molar-refractivity contribution in [3.63, 3.8) is 0 Å². The fourth-order valence-corrected chi connectivity index (χ4v) is 3.41. The highest BCUT2D eigenvalue weighted by Gasteiger charge is 2.25. The maximum absolute atomic E-state index is 12.3. The van der Waals surface area contributed by atoms with Gasteiger partial charge in [0.15, 0.2) is 0 Å². The molecule has 1 aromatic heterocycles. The van der Waals surface area contributed by atoms with Crippen molar-refractivity contribution in [2.45, 2.75) is 26.3 Å². The minimum atomic E-state index is -0.168. The number of morpholine rings is 1. The lowest BCUT2D eigenvalue weighted by atomic mass is 10.1. The zero-order valence-corrected chi connectivity index (χ0v) is 17.1. The minimum absolute atomic E-state index is 0.0292. The van der Waals surface area contributed by atoms with Gasteiger partial charge in [0.2, 0.25) is 5.91 Å². The molecule has 0 saturated carbocycles. The summed E-state index contributed by atoms with van der Waals surface area (Å²) in [4.78, 5) is 26.7. The number of ether oxygens (including phenoxy) is 1. The largest absolute Gasteiger partial charge is 0.465 e. The molecule has 3 rings (SSSR count). The molecule has 0 aliphatic carbocycles. The Bertz CT molecular complexity index is 827. The van der Waals surface area contributed by atoms with Gasteiger partial charge in [0.1, 0.15) is 11.5 Å². The smallest absolute Gasteiger partial charge is 0.251 e. The molecule has 0 bridgehead atoms. The first kappa shape index (κ1) is 21.1. The lowest BCUT2D eigenvalue weighted by molar-refractivity contribution is -0.121. The van der Waals surface area contributed by atoms with Crippen LogP contribution in [0.2, 0.25) is 0 Å². The molecule has 1 fully saturated rings. The highest BCUT2D eigenvalue weighted by Crippen LogP contribution is 2.23. The Morgan fingerprint density at radius 2 is 1.90 bits per heavy atom. The highest BCUT2D eigenvalue weighted by atomic mass is 16.5. The molecule has 1 atom stereocenters. The summed E-state index contributed by atoms with van der Waals surface area (Å²) in [6, 6.07) is 11.2. The second kappa shape index (κ2) is 10.2. The van der Waals surface area contributed by atoms with E-state index in [4.69, 9.17) is 9.15 Å². The van der Waals surface area contributed by atoms with Gasteiger partial charge >= 0.3 is 0 Å². The maximum atomic E-state index is 12.3. The van der Waals surface area contributed by atoms with Crippen molar-refractivity contribution in [3.05, 3.63) is 59.0 Å². The molecular formula is C22H29N3O4. The number of benzene rings is 1. The summed E-state index contributed by atoms with van der Waals surface area (Å²) in [5, 5.41) is 5.78. The van der Waals surface area contributed by atoms with E-state index in [9.17, 15) is 9.59 Å². The number of furan rings is 1. The zero-order valence-electron chi connectivity index (χ0n) is 17.1. The van der Waals surface area contributed by atoms with Gasteiger partial charge in [-0.3, -0.25) is 14.5 Å². The van der Waals surface area contributed by atoms with E-state index >= 15 is 0 Å². The average molecular weight is 399 g/mol. The topological polar surface area (TPSA) is 83.8 Å². The van der Waals surface area contributed by atoms with Gasteiger partial charge in [-0.05, 0) is 38.1 Å². The molecule has 2 N–H and O–H groups in total. The monoisotopic (exact) mass is 399 g/mol. The molecule has 7 nitrogen and oxygen atoms in total. The average Bonchev–Trinajstić information content (AvgIpc) is 3.15. The number of hydrogen-bond donors (Lipinski definition) is 2. The van der Waals surface area contributed by atoms with E-state index in [2.05, 4.69) is 15.5 Å². The maximum Gasteiger partial charge on any atom is 0.251 e. The molecule has 0 radical (unpaired) electrons. The van der Waals surface area contributed by atoms with E-state index in [0.717, 1.165) is 30.2 Å². The lowest BCUT2D eigenvalue weighted by Crippen LogP contribution is -2.44. The van der Waals surface area contributed by atoms with Crippen molar-refractivity contribution < 1.29 is 18.7 Å². The summed E-state index contributed by atoms with van der Waals surface area (Å²) in [6.45, 7) is 7.55. The van der Waals surface area contributed by atoms with Gasteiger partial charge in [-0.1, -0.05) is 17.7 Å². The summed E-state index contributed by atoms with van der Waals surface area (Å²) in [5.74, 6) is 1.43. The Morgan fingerprint density at radius 1 is 1.10 bits per heavy atom. The number of carbonyl (C=O) groups excluding carboxylic acids is 2. The van der Waals surface area contributed by atoms with Crippen LogP contribution < -0.4 is 10.6 Å². The number of amides is 2. The third-order valence-corrected chi connectivity index (χ3v) is 4.99. The molecule has 1 aliphatic rings. The van der Waals surface area contributed by atoms with Crippen LogP contribution in [-0.2, 0) is 9.53 Å². The fourth-order valence-electron chi connectivity index (χ4n) is 3.41. The molecule has 29 heavy (non-hydrogen) atoms. The van der Waals surface area contributed by atoms with Crippen molar-refractivity contribution in [1.82, 2.24) is 15.5 Å². The second-order valence-electron chi connectivity index (χ2n) is 7.29. The third kappa shape index (κ3) is 6.17. The first-order valence-electron chi connectivity index (χ1n) is 10.0. The predicted octanol–water partition coefficient (Wildman–Crippen LogP) is 2.21. The number of rotatable bonds is 8. The van der Waals surface area contributed by atoms with Crippen LogP contribution in [0.3, 0.4) is 0 Å². The molecule has 2 aromatic rings. The summed E-state index contributed by atoms with van der Waals surface area (Å²) in [5.41, 5.74) is 1.63. The van der Waals surface area contributed by atoms with Crippen LogP contribution in [0.1, 0.15) is 39.9 Å². The van der Waals surface area contributed by atoms with Gasteiger partial charge in [0.05, 0.1) is 19.3 Å². The number of hydrogen-bond acceptors (Lipinski definition) is 5. The number of carbonyl (C=O) groups is 2. The van der Waals surface area contributed by atoms with Crippen molar-refractivity contribution in [1.29, 1.82) is 0 Å². The van der Waals surface area contributed by atoms with E-state index in [1.807, 2.05) is 44.2 Å². The first-order valence-corrected chi connectivity index (χ1v) is 10.0. The van der Waals surface area contributed by atoms with E-state index in [-0.39, 0.29) is 24.3 Å². The fraction of sp³-hybridized carbons (Fsp3) is 0.455. The summed E-state index contributed by atoms with van der Waals surface area (Å²) in [7, 11) is 0. The molecule has 156 valence electrons. The first-order chi connectivity index (χ1) is 14.0. The van der Waals surface area contributed by atoms with Gasteiger partial charge in [-0.2, -0.15) is 0 Å². The van der Waals surface area contributed by atoms with Crippen LogP contribution in [0, 0.1) is 13.8 Å². The molecule has 1 saturated heterocycles. The number of aryl methyl sites for hydroxylation is 2. The van der Waals surface area contributed by atoms with Crippen molar-refractivity contribution in [3.8, 4) is 0 Å². The van der Waals surface area contributed by atoms with Crippen LogP contribution in [0.25, 0.3) is 0 Å². The van der Waals surface area contributed by atoms with Crippen molar-refractivity contribution in [2.24, 2.45) is 0 Å². The quantitative estimate of drug-likeness (QED) is 0.711. The van der Waals surface area contributed by atoms with Crippen molar-refractivity contribution >= 4 is 11.8 Å². The zero-order chi connectivity index (χ0) is 20.6. The van der Waals surface area contributed by atoms with Gasteiger partial charge in [-0.25, -0.2) is 0 Å². The van der Waals surface area contributed by atoms with Gasteiger partial charge in [-0.15, -0.1) is 0 Å². The van der Waals surface area contributed by atoms with Gasteiger partial charge in [0.25, 0.3) is 5.91 Å². The Labute approximate surface area is 171 Å². The van der Waals surface area contributed by atoms with Gasteiger partial charge in [0, 0.05) is 38.2 Å². The summed E-state index contributed by atoms with van der Waals surface area (Å²) in [6.07, 6.45) is 0.227. The van der Waals surface area contributed by atoms with Crippen LogP contribution >= 0.6 is 0 Å². The molecule has 1 unspecified atom stereocenters. The molecule has 2 amide bonds. The Morgan fingerprint density at radius 3 is 2.59 bits per heavy atom. The SMILES string of the molecule is Cc1cccc(C(=O)NCCC(=O)NCC(c2ccc(C)o2)N2CCOCC2)c1. The second-order valence-corrected chi connectivity index (χ2v) is 7.29. The minimum Gasteiger partial charge on any atom is -0.465 e. The normalized spacial score (nSPS) is 15.7. The highest BCUT2D eigenvalue weighted by molar-refractivity contribution is 5.94. The standard InChI is InChI=1S/C22H29N3O4/c1-16-4-3-5-18(14-16)22(27)23-9-8-21(26)24-15-19(20-7-6-17(2)29-20)25-10-12-28-13-11-25/h3-7,14,19H,8-13,15H2,1-2H3,(H,23,27)(H,24,26). The Hall–Kier alpha value is -2.64. The molecule has 2 heterocycles.